The van der Waals surface area contributed by atoms with E-state index >= 15 is 0 Å². The Morgan fingerprint density at radius 2 is 1.71 bits per heavy atom. The summed E-state index contributed by atoms with van der Waals surface area (Å²) in [6, 6.07) is 0.638. The van der Waals surface area contributed by atoms with Crippen molar-refractivity contribution in [3.05, 3.63) is 0 Å². The minimum absolute atomic E-state index is 0.638. The van der Waals surface area contributed by atoms with E-state index in [1.54, 1.807) is 0 Å². The first kappa shape index (κ1) is 16.9. The lowest BCUT2D eigenvalue weighted by atomic mass is 10.2. The molecule has 0 aliphatic carbocycles. The van der Waals surface area contributed by atoms with E-state index < -0.39 is 0 Å². The summed E-state index contributed by atoms with van der Waals surface area (Å²) in [5, 5.41) is 3.55. The zero-order valence-electron chi connectivity index (χ0n) is 12.6. The molecule has 1 unspecified atom stereocenters. The van der Waals surface area contributed by atoms with Gasteiger partial charge in [-0.2, -0.15) is 0 Å². The van der Waals surface area contributed by atoms with Crippen molar-refractivity contribution in [3.63, 3.8) is 0 Å². The molecule has 0 aliphatic heterocycles. The van der Waals surface area contributed by atoms with E-state index in [2.05, 4.69) is 50.1 Å². The van der Waals surface area contributed by atoms with E-state index in [0.717, 1.165) is 6.54 Å². The molecule has 0 fully saturated rings. The third-order valence-electron chi connectivity index (χ3n) is 3.27. The van der Waals surface area contributed by atoms with Crippen LogP contribution < -0.4 is 5.32 Å². The molecule has 0 bridgehead atoms. The van der Waals surface area contributed by atoms with Crippen molar-refractivity contribution in [3.8, 4) is 0 Å². The van der Waals surface area contributed by atoms with E-state index in [1.807, 2.05) is 0 Å². The summed E-state index contributed by atoms with van der Waals surface area (Å²) in [4.78, 5) is 4.71. The van der Waals surface area contributed by atoms with Crippen LogP contribution in [0.2, 0.25) is 0 Å². The van der Waals surface area contributed by atoms with Gasteiger partial charge in [0.2, 0.25) is 0 Å². The van der Waals surface area contributed by atoms with Gasteiger partial charge in [-0.05, 0) is 60.5 Å². The number of likely N-dealkylation sites (N-methyl/N-ethyl adjacent to an activating group) is 1. The molecule has 17 heavy (non-hydrogen) atoms. The van der Waals surface area contributed by atoms with Crippen LogP contribution >= 0.6 is 0 Å². The smallest absolute Gasteiger partial charge is 0.0189 e. The second-order valence-corrected chi connectivity index (χ2v) is 5.40. The maximum absolute atomic E-state index is 3.55. The molecule has 0 spiro atoms. The van der Waals surface area contributed by atoms with Crippen molar-refractivity contribution >= 4 is 0 Å². The predicted molar refractivity (Wildman–Crippen MR) is 77.7 cm³/mol. The molecule has 0 aromatic carbocycles. The van der Waals surface area contributed by atoms with Crippen LogP contribution in [-0.4, -0.2) is 63.2 Å². The first-order chi connectivity index (χ1) is 8.07. The van der Waals surface area contributed by atoms with Crippen molar-refractivity contribution in [2.75, 3.05) is 47.3 Å². The molecule has 0 saturated heterocycles. The van der Waals surface area contributed by atoms with Gasteiger partial charge in [0.1, 0.15) is 0 Å². The van der Waals surface area contributed by atoms with Crippen LogP contribution in [0.4, 0.5) is 0 Å². The van der Waals surface area contributed by atoms with E-state index in [4.69, 9.17) is 0 Å². The summed E-state index contributed by atoms with van der Waals surface area (Å²) in [6.07, 6.45) is 5.22. The minimum atomic E-state index is 0.638. The van der Waals surface area contributed by atoms with Gasteiger partial charge in [0.05, 0.1) is 0 Å². The standard InChI is InChI=1S/C14H33N3/c1-6-7-8-10-15-13-14(2)17(5)12-9-11-16(3)4/h14-15H,6-13H2,1-5H3. The Morgan fingerprint density at radius 3 is 2.29 bits per heavy atom. The predicted octanol–water partition coefficient (Wildman–Crippen LogP) is 2.04. The highest BCUT2D eigenvalue weighted by molar-refractivity contribution is 4.66. The Labute approximate surface area is 109 Å². The van der Waals surface area contributed by atoms with Crippen molar-refractivity contribution in [2.24, 2.45) is 0 Å². The maximum Gasteiger partial charge on any atom is 0.0189 e. The lowest BCUT2D eigenvalue weighted by Crippen LogP contribution is -2.39. The van der Waals surface area contributed by atoms with Gasteiger partial charge < -0.3 is 15.1 Å². The fraction of sp³-hybridized carbons (Fsp3) is 1.00. The molecule has 1 N–H and O–H groups in total. The van der Waals surface area contributed by atoms with E-state index in [0.29, 0.717) is 6.04 Å². The Balaban J connectivity index is 3.43. The first-order valence-electron chi connectivity index (χ1n) is 7.13. The molecule has 3 nitrogen and oxygen atoms in total. The van der Waals surface area contributed by atoms with Crippen molar-refractivity contribution in [1.29, 1.82) is 0 Å². The summed E-state index contributed by atoms with van der Waals surface area (Å²) in [5.74, 6) is 0. The van der Waals surface area contributed by atoms with Crippen LogP contribution in [0.3, 0.4) is 0 Å². The number of unbranched alkanes of at least 4 members (excludes halogenated alkanes) is 2. The lowest BCUT2D eigenvalue weighted by Gasteiger charge is -2.25. The Morgan fingerprint density at radius 1 is 1.00 bits per heavy atom. The number of hydrogen-bond acceptors (Lipinski definition) is 3. The number of hydrogen-bond donors (Lipinski definition) is 1. The van der Waals surface area contributed by atoms with Gasteiger partial charge in [0.25, 0.3) is 0 Å². The summed E-state index contributed by atoms with van der Waals surface area (Å²) >= 11 is 0. The van der Waals surface area contributed by atoms with Crippen LogP contribution in [0.5, 0.6) is 0 Å². The Bertz CT molecular complexity index is 160. The molecular weight excluding hydrogens is 210 g/mol. The molecule has 0 aromatic heterocycles. The molecule has 104 valence electrons. The highest BCUT2D eigenvalue weighted by Gasteiger charge is 2.07. The fourth-order valence-electron chi connectivity index (χ4n) is 1.82. The molecule has 0 aromatic rings. The quantitative estimate of drug-likeness (QED) is 0.560. The molecule has 0 saturated carbocycles. The average Bonchev–Trinajstić information content (AvgIpc) is 2.27. The second-order valence-electron chi connectivity index (χ2n) is 5.40. The van der Waals surface area contributed by atoms with Crippen LogP contribution in [0.1, 0.15) is 39.5 Å². The Hall–Kier alpha value is -0.120. The molecule has 3 heteroatoms. The van der Waals surface area contributed by atoms with Gasteiger partial charge in [0.15, 0.2) is 0 Å². The van der Waals surface area contributed by atoms with E-state index in [9.17, 15) is 0 Å². The molecular formula is C14H33N3. The van der Waals surface area contributed by atoms with Gasteiger partial charge in [-0.1, -0.05) is 19.8 Å². The van der Waals surface area contributed by atoms with Gasteiger partial charge in [-0.25, -0.2) is 0 Å². The summed E-state index contributed by atoms with van der Waals surface area (Å²) in [6.45, 7) is 9.21. The fourth-order valence-corrected chi connectivity index (χ4v) is 1.82. The number of nitrogens with one attached hydrogen (secondary N) is 1. The summed E-state index contributed by atoms with van der Waals surface area (Å²) < 4.78 is 0. The zero-order valence-corrected chi connectivity index (χ0v) is 12.6. The molecule has 0 amide bonds. The minimum Gasteiger partial charge on any atom is -0.315 e. The van der Waals surface area contributed by atoms with Gasteiger partial charge in [-0.15, -0.1) is 0 Å². The van der Waals surface area contributed by atoms with Crippen molar-refractivity contribution < 1.29 is 0 Å². The monoisotopic (exact) mass is 243 g/mol. The highest BCUT2D eigenvalue weighted by Crippen LogP contribution is 1.97. The SMILES string of the molecule is CCCCCNCC(C)N(C)CCCN(C)C. The number of rotatable bonds is 11. The third kappa shape index (κ3) is 10.7. The molecule has 0 radical (unpaired) electrons. The van der Waals surface area contributed by atoms with Gasteiger partial charge in [0, 0.05) is 12.6 Å². The average molecular weight is 243 g/mol. The summed E-state index contributed by atoms with van der Waals surface area (Å²) in [7, 11) is 6.51. The molecule has 0 rings (SSSR count). The normalized spacial score (nSPS) is 13.6. The van der Waals surface area contributed by atoms with Crippen molar-refractivity contribution in [1.82, 2.24) is 15.1 Å². The largest absolute Gasteiger partial charge is 0.315 e. The third-order valence-corrected chi connectivity index (χ3v) is 3.27. The number of nitrogens with zero attached hydrogens (tertiary/aromatic N) is 2. The molecule has 0 aliphatic rings. The molecule has 0 heterocycles. The van der Waals surface area contributed by atoms with Crippen LogP contribution in [0.25, 0.3) is 0 Å². The van der Waals surface area contributed by atoms with Gasteiger partial charge in [-0.3, -0.25) is 0 Å². The van der Waals surface area contributed by atoms with Crippen LogP contribution in [-0.2, 0) is 0 Å². The highest BCUT2D eigenvalue weighted by atomic mass is 15.1. The maximum atomic E-state index is 3.55. The first-order valence-corrected chi connectivity index (χ1v) is 7.13. The van der Waals surface area contributed by atoms with Crippen LogP contribution in [0.15, 0.2) is 0 Å². The lowest BCUT2D eigenvalue weighted by molar-refractivity contribution is 0.236. The Kier molecular flexibility index (Phi) is 10.9. The van der Waals surface area contributed by atoms with Gasteiger partial charge >= 0.3 is 0 Å². The topological polar surface area (TPSA) is 18.5 Å². The van der Waals surface area contributed by atoms with Crippen LogP contribution in [0, 0.1) is 0 Å². The molecule has 1 atom stereocenters. The van der Waals surface area contributed by atoms with E-state index in [1.165, 1.54) is 45.3 Å². The zero-order chi connectivity index (χ0) is 13.1. The van der Waals surface area contributed by atoms with E-state index in [-0.39, 0.29) is 0 Å². The second kappa shape index (κ2) is 11.0. The van der Waals surface area contributed by atoms with Crippen molar-refractivity contribution in [2.45, 2.75) is 45.6 Å². The summed E-state index contributed by atoms with van der Waals surface area (Å²) in [5.41, 5.74) is 0.